The summed E-state index contributed by atoms with van der Waals surface area (Å²) in [5, 5.41) is 11.1. The van der Waals surface area contributed by atoms with Crippen LogP contribution in [0.4, 0.5) is 5.00 Å². The molecule has 0 aliphatic rings. The van der Waals surface area contributed by atoms with Crippen LogP contribution in [-0.2, 0) is 7.05 Å². The van der Waals surface area contributed by atoms with Crippen molar-refractivity contribution in [3.8, 4) is 0 Å². The summed E-state index contributed by atoms with van der Waals surface area (Å²) in [5.74, 6) is 0.0951. The Bertz CT molecular complexity index is 517. The van der Waals surface area contributed by atoms with Crippen LogP contribution in [-0.4, -0.2) is 25.3 Å². The van der Waals surface area contributed by atoms with Gasteiger partial charge in [-0.1, -0.05) is 18.3 Å². The van der Waals surface area contributed by atoms with Crippen LogP contribution < -0.4 is 5.32 Å². The summed E-state index contributed by atoms with van der Waals surface area (Å²) in [6.07, 6.45) is 1.51. The lowest BCUT2D eigenvalue weighted by Crippen LogP contribution is -2.12. The first-order valence-corrected chi connectivity index (χ1v) is 5.98. The number of carbonyl (C=O) groups excluding carboxylic acids is 1. The van der Waals surface area contributed by atoms with Crippen molar-refractivity contribution in [2.24, 2.45) is 7.05 Å². The van der Waals surface area contributed by atoms with Crippen molar-refractivity contribution in [2.75, 3.05) is 5.32 Å². The van der Waals surface area contributed by atoms with Crippen molar-refractivity contribution in [3.05, 3.63) is 23.7 Å². The Labute approximate surface area is 103 Å². The number of aromatic nitrogens is 4. The normalized spacial score (nSPS) is 10.8. The molecule has 0 atom stereocenters. The highest BCUT2D eigenvalue weighted by atomic mass is 32.1. The van der Waals surface area contributed by atoms with Crippen LogP contribution in [0.3, 0.4) is 0 Å². The number of nitrogens with zero attached hydrogens (tertiary/aromatic N) is 4. The summed E-state index contributed by atoms with van der Waals surface area (Å²) in [4.78, 5) is 11.9. The SMILES string of the molecule is CC(C)c1cc(C(=O)Nc2cnns2)nn1C. The molecule has 0 radical (unpaired) electrons. The molecule has 0 aliphatic carbocycles. The molecule has 6 nitrogen and oxygen atoms in total. The standard InChI is InChI=1S/C10H13N5OS/c1-6(2)8-4-7(13-15(8)3)10(16)12-9-5-11-14-17-9/h4-6H,1-3H3,(H,12,16). The van der Waals surface area contributed by atoms with Crippen LogP contribution in [0.1, 0.15) is 35.9 Å². The van der Waals surface area contributed by atoms with E-state index in [-0.39, 0.29) is 5.91 Å². The summed E-state index contributed by atoms with van der Waals surface area (Å²) in [5.41, 5.74) is 1.43. The molecular weight excluding hydrogens is 238 g/mol. The van der Waals surface area contributed by atoms with E-state index >= 15 is 0 Å². The van der Waals surface area contributed by atoms with Gasteiger partial charge in [0.2, 0.25) is 0 Å². The summed E-state index contributed by atoms with van der Waals surface area (Å²) in [6, 6.07) is 1.80. The van der Waals surface area contributed by atoms with Gasteiger partial charge in [0.1, 0.15) is 5.00 Å². The number of carbonyl (C=O) groups is 1. The van der Waals surface area contributed by atoms with E-state index in [2.05, 4.69) is 33.8 Å². The average Bonchev–Trinajstić information content (AvgIpc) is 2.86. The molecule has 2 heterocycles. The monoisotopic (exact) mass is 251 g/mol. The van der Waals surface area contributed by atoms with E-state index in [0.717, 1.165) is 17.2 Å². The van der Waals surface area contributed by atoms with Crippen molar-refractivity contribution in [3.63, 3.8) is 0 Å². The van der Waals surface area contributed by atoms with E-state index in [4.69, 9.17) is 0 Å². The Hall–Kier alpha value is -1.76. The van der Waals surface area contributed by atoms with Gasteiger partial charge in [-0.15, -0.1) is 5.10 Å². The molecule has 0 bridgehead atoms. The van der Waals surface area contributed by atoms with Crippen LogP contribution in [0.15, 0.2) is 12.3 Å². The molecule has 0 saturated heterocycles. The second kappa shape index (κ2) is 4.62. The zero-order valence-corrected chi connectivity index (χ0v) is 10.7. The van der Waals surface area contributed by atoms with Crippen LogP contribution >= 0.6 is 11.5 Å². The maximum atomic E-state index is 11.9. The van der Waals surface area contributed by atoms with Crippen molar-refractivity contribution in [1.29, 1.82) is 0 Å². The van der Waals surface area contributed by atoms with Crippen LogP contribution in [0.25, 0.3) is 0 Å². The lowest BCUT2D eigenvalue weighted by atomic mass is 10.1. The first kappa shape index (κ1) is 11.7. The lowest BCUT2D eigenvalue weighted by Gasteiger charge is -2.02. The van der Waals surface area contributed by atoms with E-state index in [9.17, 15) is 4.79 Å². The van der Waals surface area contributed by atoms with Crippen molar-refractivity contribution in [2.45, 2.75) is 19.8 Å². The Balaban J connectivity index is 2.17. The van der Waals surface area contributed by atoms with E-state index in [1.54, 1.807) is 10.7 Å². The molecule has 0 saturated carbocycles. The largest absolute Gasteiger partial charge is 0.310 e. The molecule has 1 amide bonds. The molecule has 7 heteroatoms. The fourth-order valence-electron chi connectivity index (χ4n) is 1.53. The van der Waals surface area contributed by atoms with Crippen LogP contribution in [0.2, 0.25) is 0 Å². The van der Waals surface area contributed by atoms with Gasteiger partial charge in [0, 0.05) is 24.3 Å². The molecule has 1 N–H and O–H groups in total. The Kier molecular flexibility index (Phi) is 3.19. The van der Waals surface area contributed by atoms with Gasteiger partial charge in [0.15, 0.2) is 5.69 Å². The number of rotatable bonds is 3. The molecule has 2 aromatic heterocycles. The molecule has 2 rings (SSSR count). The van der Waals surface area contributed by atoms with Crippen molar-refractivity contribution >= 4 is 22.4 Å². The Morgan fingerprint density at radius 2 is 2.29 bits per heavy atom. The minimum absolute atomic E-state index is 0.237. The van der Waals surface area contributed by atoms with Gasteiger partial charge in [-0.2, -0.15) is 5.10 Å². The van der Waals surface area contributed by atoms with Crippen molar-refractivity contribution in [1.82, 2.24) is 19.4 Å². The van der Waals surface area contributed by atoms with Crippen molar-refractivity contribution < 1.29 is 4.79 Å². The molecule has 0 aliphatic heterocycles. The number of aryl methyl sites for hydroxylation is 1. The molecule has 0 aromatic carbocycles. The molecule has 17 heavy (non-hydrogen) atoms. The maximum Gasteiger partial charge on any atom is 0.276 e. The van der Waals surface area contributed by atoms with E-state index in [1.807, 2.05) is 7.05 Å². The number of hydrogen-bond acceptors (Lipinski definition) is 5. The van der Waals surface area contributed by atoms with Gasteiger partial charge < -0.3 is 5.32 Å². The molecule has 0 unspecified atom stereocenters. The molecular formula is C10H13N5OS. The van der Waals surface area contributed by atoms with E-state index < -0.39 is 0 Å². The van der Waals surface area contributed by atoms with Gasteiger partial charge in [-0.25, -0.2) is 0 Å². The highest BCUT2D eigenvalue weighted by Crippen LogP contribution is 2.16. The third-order valence-electron chi connectivity index (χ3n) is 2.34. The summed E-state index contributed by atoms with van der Waals surface area (Å²) in [7, 11) is 1.83. The van der Waals surface area contributed by atoms with Gasteiger partial charge in [0.25, 0.3) is 5.91 Å². The third kappa shape index (κ3) is 2.50. The second-order valence-corrected chi connectivity index (χ2v) is 4.75. The Morgan fingerprint density at radius 3 is 2.82 bits per heavy atom. The van der Waals surface area contributed by atoms with Crippen LogP contribution in [0, 0.1) is 0 Å². The molecule has 90 valence electrons. The predicted octanol–water partition coefficient (Wildman–Crippen LogP) is 1.65. The molecule has 2 aromatic rings. The van der Waals surface area contributed by atoms with E-state index in [0.29, 0.717) is 16.6 Å². The zero-order valence-electron chi connectivity index (χ0n) is 9.84. The number of anilines is 1. The molecule has 0 fully saturated rings. The average molecular weight is 251 g/mol. The number of nitrogens with one attached hydrogen (secondary N) is 1. The zero-order chi connectivity index (χ0) is 12.4. The first-order chi connectivity index (χ1) is 8.08. The smallest absolute Gasteiger partial charge is 0.276 e. The Morgan fingerprint density at radius 1 is 1.53 bits per heavy atom. The highest BCUT2D eigenvalue weighted by molar-refractivity contribution is 7.10. The number of amides is 1. The summed E-state index contributed by atoms with van der Waals surface area (Å²) >= 11 is 1.14. The maximum absolute atomic E-state index is 11.9. The van der Waals surface area contributed by atoms with E-state index in [1.165, 1.54) is 6.20 Å². The summed E-state index contributed by atoms with van der Waals surface area (Å²) < 4.78 is 5.40. The molecule has 0 spiro atoms. The van der Waals surface area contributed by atoms with Gasteiger partial charge in [-0.3, -0.25) is 9.48 Å². The van der Waals surface area contributed by atoms with Gasteiger partial charge >= 0.3 is 0 Å². The summed E-state index contributed by atoms with van der Waals surface area (Å²) in [6.45, 7) is 4.12. The second-order valence-electron chi connectivity index (χ2n) is 3.97. The number of hydrogen-bond donors (Lipinski definition) is 1. The van der Waals surface area contributed by atoms with Crippen LogP contribution in [0.5, 0.6) is 0 Å². The fraction of sp³-hybridized carbons (Fsp3) is 0.400. The minimum atomic E-state index is -0.237. The fourth-order valence-corrected chi connectivity index (χ4v) is 1.95. The topological polar surface area (TPSA) is 72.7 Å². The van der Waals surface area contributed by atoms with Gasteiger partial charge in [-0.05, 0) is 12.0 Å². The lowest BCUT2D eigenvalue weighted by molar-refractivity contribution is 0.102. The quantitative estimate of drug-likeness (QED) is 0.900. The van der Waals surface area contributed by atoms with Gasteiger partial charge in [0.05, 0.1) is 6.20 Å². The highest BCUT2D eigenvalue weighted by Gasteiger charge is 2.15. The predicted molar refractivity (Wildman–Crippen MR) is 65.2 cm³/mol. The third-order valence-corrected chi connectivity index (χ3v) is 2.92. The first-order valence-electron chi connectivity index (χ1n) is 5.20. The minimum Gasteiger partial charge on any atom is -0.310 e.